The predicted octanol–water partition coefficient (Wildman–Crippen LogP) is 3.00. The molecule has 1 aromatic carbocycles. The second-order valence-electron chi connectivity index (χ2n) is 4.57. The summed E-state index contributed by atoms with van der Waals surface area (Å²) in [6, 6.07) is 7.37. The number of thiazole rings is 1. The Bertz CT molecular complexity index is 581. The fourth-order valence-electron chi connectivity index (χ4n) is 1.80. The van der Waals surface area contributed by atoms with Crippen LogP contribution in [0.2, 0.25) is 0 Å². The molecule has 0 aliphatic rings. The third-order valence-electron chi connectivity index (χ3n) is 2.79. The van der Waals surface area contributed by atoms with E-state index in [1.54, 1.807) is 23.6 Å². The minimum atomic E-state index is 0.198. The highest BCUT2D eigenvalue weighted by molar-refractivity contribution is 7.11. The van der Waals surface area contributed by atoms with E-state index in [-0.39, 0.29) is 5.78 Å². The molecule has 20 heavy (non-hydrogen) atoms. The Morgan fingerprint density at radius 1 is 1.40 bits per heavy atom. The highest BCUT2D eigenvalue weighted by Gasteiger charge is 2.07. The molecular weight excluding hydrogens is 272 g/mol. The van der Waals surface area contributed by atoms with Crippen LogP contribution in [-0.4, -0.2) is 17.4 Å². The average molecular weight is 290 g/mol. The van der Waals surface area contributed by atoms with E-state index in [9.17, 15) is 4.79 Å². The lowest BCUT2D eigenvalue weighted by atomic mass is 10.2. The average Bonchev–Trinajstić information content (AvgIpc) is 2.82. The van der Waals surface area contributed by atoms with Crippen LogP contribution in [0.1, 0.15) is 22.7 Å². The van der Waals surface area contributed by atoms with Crippen molar-refractivity contribution in [3.63, 3.8) is 0 Å². The molecule has 0 aliphatic carbocycles. The van der Waals surface area contributed by atoms with E-state index in [1.165, 1.54) is 0 Å². The number of aromatic nitrogens is 1. The maximum atomic E-state index is 11.8. The van der Waals surface area contributed by atoms with Gasteiger partial charge in [0.25, 0.3) is 0 Å². The third kappa shape index (κ3) is 4.35. The van der Waals surface area contributed by atoms with Crippen LogP contribution in [0.15, 0.2) is 30.5 Å². The zero-order valence-electron chi connectivity index (χ0n) is 11.5. The number of ether oxygens (including phenoxy) is 1. The molecule has 5 heteroatoms. The van der Waals surface area contributed by atoms with Crippen molar-refractivity contribution in [3.8, 4) is 5.75 Å². The van der Waals surface area contributed by atoms with Gasteiger partial charge in [0, 0.05) is 17.5 Å². The van der Waals surface area contributed by atoms with E-state index in [4.69, 9.17) is 10.5 Å². The number of rotatable bonds is 7. The zero-order chi connectivity index (χ0) is 14.4. The Morgan fingerprint density at radius 3 is 2.90 bits per heavy atom. The van der Waals surface area contributed by atoms with Crippen molar-refractivity contribution in [1.82, 2.24) is 4.98 Å². The fraction of sp³-hybridized carbons (Fsp3) is 0.333. The van der Waals surface area contributed by atoms with Crippen molar-refractivity contribution in [2.45, 2.75) is 26.2 Å². The van der Waals surface area contributed by atoms with Gasteiger partial charge in [-0.15, -0.1) is 11.3 Å². The van der Waals surface area contributed by atoms with Crippen LogP contribution >= 0.6 is 11.3 Å². The Kier molecular flexibility index (Phi) is 5.12. The van der Waals surface area contributed by atoms with Gasteiger partial charge in [0.2, 0.25) is 0 Å². The highest BCUT2D eigenvalue weighted by atomic mass is 32.1. The first-order valence-electron chi connectivity index (χ1n) is 6.55. The lowest BCUT2D eigenvalue weighted by Crippen LogP contribution is -2.06. The van der Waals surface area contributed by atoms with Crippen LogP contribution in [0.25, 0.3) is 0 Å². The van der Waals surface area contributed by atoms with Crippen LogP contribution in [0.3, 0.4) is 0 Å². The third-order valence-corrected chi connectivity index (χ3v) is 3.71. The number of para-hydroxylation sites is 2. The van der Waals surface area contributed by atoms with Gasteiger partial charge in [-0.25, -0.2) is 4.98 Å². The van der Waals surface area contributed by atoms with Crippen LogP contribution in [0.4, 0.5) is 5.69 Å². The molecule has 0 aliphatic heterocycles. The Hall–Kier alpha value is -1.88. The quantitative estimate of drug-likeness (QED) is 0.629. The second kappa shape index (κ2) is 7.05. The SMILES string of the molecule is Cc1cnc(CC(=O)CCCOc2ccccc2N)s1. The number of Topliss-reactive ketones (excluding diaryl/α,β-unsaturated/α-hetero) is 1. The Morgan fingerprint density at radius 2 is 2.20 bits per heavy atom. The molecule has 2 N–H and O–H groups in total. The van der Waals surface area contributed by atoms with Crippen molar-refractivity contribution in [2.75, 3.05) is 12.3 Å². The lowest BCUT2D eigenvalue weighted by Gasteiger charge is -2.07. The maximum Gasteiger partial charge on any atom is 0.142 e. The summed E-state index contributed by atoms with van der Waals surface area (Å²) in [5.41, 5.74) is 6.39. The van der Waals surface area contributed by atoms with Crippen molar-refractivity contribution < 1.29 is 9.53 Å². The molecule has 0 atom stereocenters. The molecule has 2 rings (SSSR count). The number of aryl methyl sites for hydroxylation is 1. The Labute approximate surface area is 122 Å². The molecule has 0 radical (unpaired) electrons. The fourth-order valence-corrected chi connectivity index (χ4v) is 2.62. The first-order chi connectivity index (χ1) is 9.65. The number of nitrogens with zero attached hydrogens (tertiary/aromatic N) is 1. The number of benzene rings is 1. The van der Waals surface area contributed by atoms with Crippen LogP contribution in [0.5, 0.6) is 5.75 Å². The van der Waals surface area contributed by atoms with Crippen molar-refractivity contribution >= 4 is 22.8 Å². The van der Waals surface area contributed by atoms with Gasteiger partial charge in [-0.05, 0) is 25.5 Å². The number of hydrogen-bond donors (Lipinski definition) is 1. The molecule has 0 spiro atoms. The second-order valence-corrected chi connectivity index (χ2v) is 5.89. The summed E-state index contributed by atoms with van der Waals surface area (Å²) in [6.45, 7) is 2.49. The number of carbonyl (C=O) groups excluding carboxylic acids is 1. The summed E-state index contributed by atoms with van der Waals surface area (Å²) < 4.78 is 5.55. The molecule has 106 valence electrons. The number of hydrogen-bond acceptors (Lipinski definition) is 5. The smallest absolute Gasteiger partial charge is 0.142 e. The van der Waals surface area contributed by atoms with Gasteiger partial charge in [0.15, 0.2) is 0 Å². The van der Waals surface area contributed by atoms with Gasteiger partial charge in [-0.1, -0.05) is 12.1 Å². The van der Waals surface area contributed by atoms with Gasteiger partial charge in [0.05, 0.1) is 18.7 Å². The zero-order valence-corrected chi connectivity index (χ0v) is 12.3. The predicted molar refractivity (Wildman–Crippen MR) is 81.1 cm³/mol. The summed E-state index contributed by atoms with van der Waals surface area (Å²) >= 11 is 1.57. The van der Waals surface area contributed by atoms with Crippen molar-refractivity contribution in [2.24, 2.45) is 0 Å². The number of ketones is 1. The molecule has 0 unspecified atom stereocenters. The van der Waals surface area contributed by atoms with Gasteiger partial charge in [-0.2, -0.15) is 0 Å². The summed E-state index contributed by atoms with van der Waals surface area (Å²) in [4.78, 5) is 17.1. The monoisotopic (exact) mass is 290 g/mol. The molecule has 2 aromatic rings. The number of nitrogens with two attached hydrogens (primary N) is 1. The number of nitrogen functional groups attached to an aromatic ring is 1. The van der Waals surface area contributed by atoms with Crippen LogP contribution < -0.4 is 10.5 Å². The van der Waals surface area contributed by atoms with Crippen molar-refractivity contribution in [3.05, 3.63) is 40.3 Å². The maximum absolute atomic E-state index is 11.8. The van der Waals surface area contributed by atoms with E-state index in [0.717, 1.165) is 9.88 Å². The number of carbonyl (C=O) groups is 1. The molecule has 0 bridgehead atoms. The van der Waals surface area contributed by atoms with E-state index in [0.29, 0.717) is 37.3 Å². The minimum absolute atomic E-state index is 0.198. The lowest BCUT2D eigenvalue weighted by molar-refractivity contribution is -0.118. The molecule has 4 nitrogen and oxygen atoms in total. The number of anilines is 1. The van der Waals surface area contributed by atoms with E-state index in [2.05, 4.69) is 4.98 Å². The topological polar surface area (TPSA) is 65.2 Å². The summed E-state index contributed by atoms with van der Waals surface area (Å²) in [7, 11) is 0. The first kappa shape index (κ1) is 14.5. The highest BCUT2D eigenvalue weighted by Crippen LogP contribution is 2.20. The summed E-state index contributed by atoms with van der Waals surface area (Å²) in [6.07, 6.45) is 3.42. The first-order valence-corrected chi connectivity index (χ1v) is 7.37. The van der Waals surface area contributed by atoms with Gasteiger partial charge < -0.3 is 10.5 Å². The van der Waals surface area contributed by atoms with E-state index >= 15 is 0 Å². The summed E-state index contributed by atoms with van der Waals surface area (Å²) in [5, 5.41) is 0.890. The molecule has 0 fully saturated rings. The van der Waals surface area contributed by atoms with Crippen LogP contribution in [-0.2, 0) is 11.2 Å². The van der Waals surface area contributed by atoms with Crippen molar-refractivity contribution in [1.29, 1.82) is 0 Å². The molecule has 1 aromatic heterocycles. The van der Waals surface area contributed by atoms with Gasteiger partial charge >= 0.3 is 0 Å². The van der Waals surface area contributed by atoms with Gasteiger partial charge in [-0.3, -0.25) is 4.79 Å². The minimum Gasteiger partial charge on any atom is -0.491 e. The summed E-state index contributed by atoms with van der Waals surface area (Å²) in [5.74, 6) is 0.875. The molecule has 0 saturated carbocycles. The molecule has 1 heterocycles. The van der Waals surface area contributed by atoms with E-state index in [1.807, 2.05) is 25.1 Å². The normalized spacial score (nSPS) is 10.4. The molecule has 0 amide bonds. The largest absolute Gasteiger partial charge is 0.491 e. The van der Waals surface area contributed by atoms with E-state index < -0.39 is 0 Å². The van der Waals surface area contributed by atoms with Gasteiger partial charge in [0.1, 0.15) is 16.5 Å². The molecular formula is C15H18N2O2S. The van der Waals surface area contributed by atoms with Crippen LogP contribution in [0, 0.1) is 6.92 Å². The standard InChI is InChI=1S/C15H18N2O2S/c1-11-10-17-15(20-11)9-12(18)5-4-8-19-14-7-3-2-6-13(14)16/h2-3,6-7,10H,4-5,8-9,16H2,1H3. The Balaban J connectivity index is 1.68. The molecule has 0 saturated heterocycles.